The first-order valence-corrected chi connectivity index (χ1v) is 11.4. The summed E-state index contributed by atoms with van der Waals surface area (Å²) in [4.78, 5) is 33.9. The molecule has 1 N–H and O–H groups in total. The monoisotopic (exact) mass is 498 g/mol. The van der Waals surface area contributed by atoms with Crippen molar-refractivity contribution in [2.24, 2.45) is 7.05 Å². The Kier molecular flexibility index (Phi) is 7.26. The molecule has 3 heterocycles. The van der Waals surface area contributed by atoms with Crippen LogP contribution < -0.4 is 15.8 Å². The summed E-state index contributed by atoms with van der Waals surface area (Å²) in [6.07, 6.45) is -2.70. The topological polar surface area (TPSA) is 94.3 Å². The van der Waals surface area contributed by atoms with E-state index < -0.39 is 30.7 Å². The lowest BCUT2D eigenvalue weighted by molar-refractivity contribution is -0.127. The van der Waals surface area contributed by atoms with Gasteiger partial charge in [-0.15, -0.1) is 0 Å². The number of alkyl halides is 2. The number of hydrogen-bond acceptors (Lipinski definition) is 6. The Bertz CT molecular complexity index is 1370. The largest absolute Gasteiger partial charge is 0.364 e. The molecule has 1 aliphatic heterocycles. The highest BCUT2D eigenvalue weighted by atomic mass is 19.3. The van der Waals surface area contributed by atoms with Gasteiger partial charge >= 0.3 is 0 Å². The summed E-state index contributed by atoms with van der Waals surface area (Å²) in [7, 11) is 1.63. The maximum Gasteiger partial charge on any atom is 0.255 e. The van der Waals surface area contributed by atoms with E-state index in [0.717, 1.165) is 0 Å². The normalized spacial score (nSPS) is 17.2. The first-order valence-electron chi connectivity index (χ1n) is 11.4. The van der Waals surface area contributed by atoms with Gasteiger partial charge in [0.15, 0.2) is 0 Å². The van der Waals surface area contributed by atoms with E-state index in [9.17, 15) is 28.0 Å². The van der Waals surface area contributed by atoms with Crippen molar-refractivity contribution in [3.63, 3.8) is 0 Å². The van der Waals surface area contributed by atoms with Crippen molar-refractivity contribution in [3.05, 3.63) is 69.9 Å². The zero-order valence-corrected chi connectivity index (χ0v) is 19.8. The van der Waals surface area contributed by atoms with Crippen LogP contribution in [0.1, 0.15) is 24.2 Å². The van der Waals surface area contributed by atoms with Gasteiger partial charge in [-0.2, -0.15) is 5.26 Å². The van der Waals surface area contributed by atoms with E-state index in [1.807, 2.05) is 22.8 Å². The summed E-state index contributed by atoms with van der Waals surface area (Å²) in [6, 6.07) is 11.1. The van der Waals surface area contributed by atoms with Crippen LogP contribution >= 0.6 is 0 Å². The highest BCUT2D eigenvalue weighted by Crippen LogP contribution is 2.30. The summed E-state index contributed by atoms with van der Waals surface area (Å²) in [5.41, 5.74) is 2.17. The van der Waals surface area contributed by atoms with Crippen LogP contribution in [-0.4, -0.2) is 59.0 Å². The number of carbonyl (C=O) groups is 1. The summed E-state index contributed by atoms with van der Waals surface area (Å²) >= 11 is 0. The Morgan fingerprint density at radius 3 is 2.58 bits per heavy atom. The van der Waals surface area contributed by atoms with E-state index in [1.165, 1.54) is 34.9 Å². The van der Waals surface area contributed by atoms with Gasteiger partial charge in [0.1, 0.15) is 29.1 Å². The second-order valence-corrected chi connectivity index (χ2v) is 8.73. The highest BCUT2D eigenvalue weighted by molar-refractivity contribution is 5.89. The average Bonchev–Trinajstić information content (AvgIpc) is 2.86. The van der Waals surface area contributed by atoms with Gasteiger partial charge < -0.3 is 14.8 Å². The number of rotatable bonds is 6. The Hall–Kier alpha value is -3.91. The number of nitrogens with zero attached hydrogens (tertiary/aromatic N) is 5. The van der Waals surface area contributed by atoms with Crippen molar-refractivity contribution < 1.29 is 18.0 Å². The van der Waals surface area contributed by atoms with Crippen LogP contribution in [0, 0.1) is 17.1 Å². The zero-order chi connectivity index (χ0) is 26.0. The quantitative estimate of drug-likeness (QED) is 0.562. The van der Waals surface area contributed by atoms with Crippen LogP contribution in [-0.2, 0) is 11.8 Å². The average molecular weight is 499 g/mol. The molecular weight excluding hydrogens is 473 g/mol. The van der Waals surface area contributed by atoms with Crippen molar-refractivity contribution in [3.8, 4) is 6.07 Å². The van der Waals surface area contributed by atoms with E-state index in [1.54, 1.807) is 19.2 Å². The minimum atomic E-state index is -2.70. The Morgan fingerprint density at radius 1 is 1.22 bits per heavy atom. The molecule has 8 nitrogen and oxygen atoms in total. The number of aromatic nitrogens is 2. The van der Waals surface area contributed by atoms with Crippen LogP contribution in [0.2, 0.25) is 0 Å². The second-order valence-electron chi connectivity index (χ2n) is 8.73. The fourth-order valence-corrected chi connectivity index (χ4v) is 4.62. The SMILES string of the molecule is CC1CN(C(C(=O)NCC(F)F)c2ccc(F)cc2)CCN1c1cc(=O)n(C)c2ccc(C#N)nc12. The fourth-order valence-electron chi connectivity index (χ4n) is 4.62. The lowest BCUT2D eigenvalue weighted by Crippen LogP contribution is -2.55. The lowest BCUT2D eigenvalue weighted by Gasteiger charge is -2.44. The van der Waals surface area contributed by atoms with Crippen molar-refractivity contribution in [2.75, 3.05) is 31.1 Å². The lowest BCUT2D eigenvalue weighted by atomic mass is 10.0. The van der Waals surface area contributed by atoms with E-state index in [4.69, 9.17) is 0 Å². The van der Waals surface area contributed by atoms with Crippen LogP contribution in [0.15, 0.2) is 47.3 Å². The van der Waals surface area contributed by atoms with Crippen molar-refractivity contribution >= 4 is 22.6 Å². The molecule has 1 fully saturated rings. The third kappa shape index (κ3) is 5.04. The predicted molar refractivity (Wildman–Crippen MR) is 128 cm³/mol. The van der Waals surface area contributed by atoms with Gasteiger partial charge in [-0.25, -0.2) is 18.2 Å². The van der Waals surface area contributed by atoms with E-state index in [-0.39, 0.29) is 17.3 Å². The molecule has 1 aromatic carbocycles. The number of benzene rings is 1. The molecule has 188 valence electrons. The van der Waals surface area contributed by atoms with Gasteiger partial charge in [0.2, 0.25) is 5.91 Å². The van der Waals surface area contributed by atoms with Gasteiger partial charge in [-0.1, -0.05) is 12.1 Å². The third-order valence-corrected chi connectivity index (χ3v) is 6.38. The molecule has 4 rings (SSSR count). The maximum absolute atomic E-state index is 13.5. The molecular formula is C25H25F3N6O2. The second kappa shape index (κ2) is 10.4. The molecule has 0 spiro atoms. The molecule has 0 aliphatic carbocycles. The van der Waals surface area contributed by atoms with Gasteiger partial charge in [0.25, 0.3) is 12.0 Å². The van der Waals surface area contributed by atoms with Gasteiger partial charge in [-0.3, -0.25) is 14.5 Å². The standard InChI is InChI=1S/C25H25F3N6O2/c1-15-14-33(24(25(36)30-13-21(27)28)16-3-5-17(26)6-4-16)9-10-34(15)20-11-22(35)32(2)19-8-7-18(12-29)31-23(19)20/h3-8,11,15,21,24H,9-10,13-14H2,1-2H3,(H,30,36). The molecule has 1 saturated heterocycles. The minimum absolute atomic E-state index is 0.201. The molecule has 2 unspecified atom stereocenters. The van der Waals surface area contributed by atoms with E-state index >= 15 is 0 Å². The summed E-state index contributed by atoms with van der Waals surface area (Å²) in [5, 5.41) is 11.6. The number of fused-ring (bicyclic) bond motifs is 1. The Balaban J connectivity index is 1.66. The number of amides is 1. The Morgan fingerprint density at radius 2 is 1.94 bits per heavy atom. The zero-order valence-electron chi connectivity index (χ0n) is 19.8. The van der Waals surface area contributed by atoms with Crippen LogP contribution in [0.3, 0.4) is 0 Å². The first-order chi connectivity index (χ1) is 17.2. The number of pyridine rings is 2. The van der Waals surface area contributed by atoms with E-state index in [0.29, 0.717) is 41.9 Å². The number of nitriles is 1. The molecule has 0 bridgehead atoms. The smallest absolute Gasteiger partial charge is 0.255 e. The van der Waals surface area contributed by atoms with Crippen molar-refractivity contribution in [2.45, 2.75) is 25.4 Å². The molecule has 0 saturated carbocycles. The summed E-state index contributed by atoms with van der Waals surface area (Å²) < 4.78 is 40.5. The molecule has 11 heteroatoms. The number of aryl methyl sites for hydroxylation is 1. The molecule has 2 atom stereocenters. The third-order valence-electron chi connectivity index (χ3n) is 6.38. The summed E-state index contributed by atoms with van der Waals surface area (Å²) in [6.45, 7) is 2.27. The van der Waals surface area contributed by atoms with Crippen molar-refractivity contribution in [1.82, 2.24) is 19.8 Å². The maximum atomic E-state index is 13.5. The number of nitrogens with one attached hydrogen (secondary N) is 1. The number of carbonyl (C=O) groups excluding carboxylic acids is 1. The highest BCUT2D eigenvalue weighted by Gasteiger charge is 2.34. The predicted octanol–water partition coefficient (Wildman–Crippen LogP) is 2.58. The van der Waals surface area contributed by atoms with Crippen molar-refractivity contribution in [1.29, 1.82) is 5.26 Å². The van der Waals surface area contributed by atoms with Crippen LogP contribution in [0.4, 0.5) is 18.9 Å². The molecule has 2 aromatic heterocycles. The van der Waals surface area contributed by atoms with Crippen LogP contribution in [0.25, 0.3) is 11.0 Å². The minimum Gasteiger partial charge on any atom is -0.364 e. The number of hydrogen-bond donors (Lipinski definition) is 1. The number of piperazine rings is 1. The van der Waals surface area contributed by atoms with E-state index in [2.05, 4.69) is 10.3 Å². The molecule has 1 aliphatic rings. The van der Waals surface area contributed by atoms with Crippen LogP contribution in [0.5, 0.6) is 0 Å². The molecule has 1 amide bonds. The fraction of sp³-hybridized carbons (Fsp3) is 0.360. The molecule has 3 aromatic rings. The van der Waals surface area contributed by atoms with Gasteiger partial charge in [0.05, 0.1) is 17.7 Å². The van der Waals surface area contributed by atoms with Gasteiger partial charge in [-0.05, 0) is 36.8 Å². The number of anilines is 1. The first kappa shape index (κ1) is 25.2. The number of halogens is 3. The van der Waals surface area contributed by atoms with Gasteiger partial charge in [0, 0.05) is 38.8 Å². The molecule has 36 heavy (non-hydrogen) atoms. The molecule has 0 radical (unpaired) electrons. The summed E-state index contributed by atoms with van der Waals surface area (Å²) in [5.74, 6) is -1.06. The Labute approximate surface area is 205 Å².